The second-order valence-electron chi connectivity index (χ2n) is 5.38. The first kappa shape index (κ1) is 13.7. The number of carbonyl (C=O) groups excluding carboxylic acids is 1. The van der Waals surface area contributed by atoms with Crippen LogP contribution in [0.1, 0.15) is 15.9 Å². The second kappa shape index (κ2) is 5.35. The average molecular weight is 308 g/mol. The third kappa shape index (κ3) is 2.21. The Morgan fingerprint density at radius 1 is 1.22 bits per heavy atom. The van der Waals surface area contributed by atoms with Gasteiger partial charge in [-0.05, 0) is 30.2 Å². The quantitative estimate of drug-likeness (QED) is 0.725. The number of hydrogen-bond acceptors (Lipinski definition) is 3. The molecule has 0 bridgehead atoms. The van der Waals surface area contributed by atoms with Gasteiger partial charge in [-0.3, -0.25) is 9.78 Å². The Morgan fingerprint density at radius 2 is 2.09 bits per heavy atom. The highest BCUT2D eigenvalue weighted by Gasteiger charge is 2.29. The van der Waals surface area contributed by atoms with Gasteiger partial charge in [-0.2, -0.15) is 0 Å². The number of halogens is 1. The molecule has 0 radical (unpaired) electrons. The normalized spacial score (nSPS) is 13.2. The van der Waals surface area contributed by atoms with Crippen LogP contribution in [0.4, 0.5) is 10.1 Å². The third-order valence-electron chi connectivity index (χ3n) is 4.09. The molecular weight excluding hydrogens is 295 g/mol. The van der Waals surface area contributed by atoms with E-state index in [1.165, 1.54) is 12.1 Å². The second-order valence-corrected chi connectivity index (χ2v) is 5.38. The van der Waals surface area contributed by atoms with Crippen LogP contribution in [0.5, 0.6) is 0 Å². The van der Waals surface area contributed by atoms with E-state index in [0.29, 0.717) is 13.0 Å². The molecule has 4 rings (SSSR count). The van der Waals surface area contributed by atoms with E-state index in [9.17, 15) is 9.18 Å². The number of amides is 1. The first-order valence-corrected chi connectivity index (χ1v) is 7.31. The van der Waals surface area contributed by atoms with Gasteiger partial charge in [0.15, 0.2) is 0 Å². The van der Waals surface area contributed by atoms with E-state index in [4.69, 9.17) is 4.42 Å². The maximum absolute atomic E-state index is 13.9. The molecule has 3 heterocycles. The molecule has 3 aromatic rings. The van der Waals surface area contributed by atoms with Crippen molar-refractivity contribution in [1.82, 2.24) is 4.98 Å². The minimum Gasteiger partial charge on any atom is -0.472 e. The minimum absolute atomic E-state index is 0.0778. The number of fused-ring (bicyclic) bond motifs is 1. The lowest BCUT2D eigenvalue weighted by Crippen LogP contribution is -2.29. The van der Waals surface area contributed by atoms with E-state index >= 15 is 0 Å². The fraction of sp³-hybridized carbons (Fsp3) is 0.111. The summed E-state index contributed by atoms with van der Waals surface area (Å²) in [6.45, 7) is 0.513. The SMILES string of the molecule is O=C(c1ccccc1F)N1CCc2c(-c3ccoc3)cncc21. The van der Waals surface area contributed by atoms with Crippen molar-refractivity contribution in [2.75, 3.05) is 11.4 Å². The van der Waals surface area contributed by atoms with Crippen LogP contribution in [-0.2, 0) is 6.42 Å². The minimum atomic E-state index is -0.509. The molecule has 1 aliphatic heterocycles. The van der Waals surface area contributed by atoms with Gasteiger partial charge in [0.1, 0.15) is 5.82 Å². The van der Waals surface area contributed by atoms with E-state index in [1.54, 1.807) is 42.0 Å². The number of furan rings is 1. The van der Waals surface area contributed by atoms with Crippen molar-refractivity contribution in [3.05, 3.63) is 72.2 Å². The van der Waals surface area contributed by atoms with Crippen LogP contribution in [0.15, 0.2) is 59.7 Å². The Kier molecular flexibility index (Phi) is 3.19. The molecule has 0 saturated carbocycles. The third-order valence-corrected chi connectivity index (χ3v) is 4.09. The lowest BCUT2D eigenvalue weighted by molar-refractivity contribution is 0.0985. The fourth-order valence-corrected chi connectivity index (χ4v) is 2.97. The van der Waals surface area contributed by atoms with Crippen molar-refractivity contribution in [2.45, 2.75) is 6.42 Å². The lowest BCUT2D eigenvalue weighted by Gasteiger charge is -2.17. The average Bonchev–Trinajstić information content (AvgIpc) is 3.24. The molecule has 0 unspecified atom stereocenters. The molecule has 0 spiro atoms. The van der Waals surface area contributed by atoms with Crippen LogP contribution >= 0.6 is 0 Å². The molecule has 1 aliphatic rings. The number of carbonyl (C=O) groups is 1. The van der Waals surface area contributed by atoms with Crippen molar-refractivity contribution in [1.29, 1.82) is 0 Å². The Labute approximate surface area is 132 Å². The number of pyridine rings is 1. The monoisotopic (exact) mass is 308 g/mol. The van der Waals surface area contributed by atoms with Gasteiger partial charge < -0.3 is 9.32 Å². The van der Waals surface area contributed by atoms with Crippen LogP contribution in [0.3, 0.4) is 0 Å². The maximum Gasteiger partial charge on any atom is 0.261 e. The standard InChI is InChI=1S/C18H13FN2O2/c19-16-4-2-1-3-14(16)18(22)21-7-5-13-15(9-20-10-17(13)21)12-6-8-23-11-12/h1-4,6,8-11H,5,7H2. The fourth-order valence-electron chi connectivity index (χ4n) is 2.97. The molecule has 1 amide bonds. The summed E-state index contributed by atoms with van der Waals surface area (Å²) in [6, 6.07) is 7.89. The molecule has 1 aromatic carbocycles. The largest absolute Gasteiger partial charge is 0.472 e. The topological polar surface area (TPSA) is 46.3 Å². The first-order chi connectivity index (χ1) is 11.3. The summed E-state index contributed by atoms with van der Waals surface area (Å²) in [5.41, 5.74) is 3.71. The van der Waals surface area contributed by atoms with Crippen molar-refractivity contribution < 1.29 is 13.6 Å². The van der Waals surface area contributed by atoms with Gasteiger partial charge in [0.25, 0.3) is 5.91 Å². The van der Waals surface area contributed by atoms with Gasteiger partial charge in [-0.1, -0.05) is 12.1 Å². The Morgan fingerprint density at radius 3 is 2.87 bits per heavy atom. The van der Waals surface area contributed by atoms with E-state index in [0.717, 1.165) is 22.4 Å². The molecule has 0 N–H and O–H groups in total. The zero-order valence-corrected chi connectivity index (χ0v) is 12.2. The molecule has 2 aromatic heterocycles. The predicted molar refractivity (Wildman–Crippen MR) is 83.7 cm³/mol. The number of anilines is 1. The smallest absolute Gasteiger partial charge is 0.261 e. The zero-order chi connectivity index (χ0) is 15.8. The summed E-state index contributed by atoms with van der Waals surface area (Å²) >= 11 is 0. The molecule has 4 nitrogen and oxygen atoms in total. The van der Waals surface area contributed by atoms with Crippen molar-refractivity contribution >= 4 is 11.6 Å². The van der Waals surface area contributed by atoms with Crippen LogP contribution in [0.25, 0.3) is 11.1 Å². The molecule has 5 heteroatoms. The van der Waals surface area contributed by atoms with Gasteiger partial charge in [0, 0.05) is 23.9 Å². The maximum atomic E-state index is 13.9. The van der Waals surface area contributed by atoms with Gasteiger partial charge in [0.05, 0.1) is 30.0 Å². The highest BCUT2D eigenvalue weighted by Crippen LogP contribution is 2.36. The molecule has 0 saturated heterocycles. The number of aromatic nitrogens is 1. The molecule has 0 aliphatic carbocycles. The zero-order valence-electron chi connectivity index (χ0n) is 12.2. The lowest BCUT2D eigenvalue weighted by atomic mass is 10.0. The summed E-state index contributed by atoms with van der Waals surface area (Å²) in [6.07, 6.45) is 7.38. The Hall–Kier alpha value is -2.95. The van der Waals surface area contributed by atoms with E-state index in [-0.39, 0.29) is 11.5 Å². The van der Waals surface area contributed by atoms with Gasteiger partial charge in [0.2, 0.25) is 0 Å². The van der Waals surface area contributed by atoms with Crippen molar-refractivity contribution in [3.8, 4) is 11.1 Å². The number of rotatable bonds is 2. The molecule has 0 atom stereocenters. The number of nitrogens with zero attached hydrogens (tertiary/aromatic N) is 2. The Bertz CT molecular complexity index is 874. The van der Waals surface area contributed by atoms with Gasteiger partial charge in [-0.15, -0.1) is 0 Å². The van der Waals surface area contributed by atoms with Gasteiger partial charge >= 0.3 is 0 Å². The van der Waals surface area contributed by atoms with Crippen LogP contribution < -0.4 is 4.90 Å². The number of benzene rings is 1. The Balaban J connectivity index is 1.76. The summed E-state index contributed by atoms with van der Waals surface area (Å²) in [7, 11) is 0. The first-order valence-electron chi connectivity index (χ1n) is 7.31. The van der Waals surface area contributed by atoms with Gasteiger partial charge in [-0.25, -0.2) is 4.39 Å². The summed E-state index contributed by atoms with van der Waals surface area (Å²) in [5.74, 6) is -0.849. The molecule has 114 valence electrons. The molecule has 23 heavy (non-hydrogen) atoms. The van der Waals surface area contributed by atoms with Crippen LogP contribution in [0.2, 0.25) is 0 Å². The van der Waals surface area contributed by atoms with E-state index < -0.39 is 5.82 Å². The summed E-state index contributed by atoms with van der Waals surface area (Å²) < 4.78 is 19.0. The van der Waals surface area contributed by atoms with Crippen molar-refractivity contribution in [3.63, 3.8) is 0 Å². The summed E-state index contributed by atoms with van der Waals surface area (Å²) in [5, 5.41) is 0. The van der Waals surface area contributed by atoms with E-state index in [1.807, 2.05) is 6.07 Å². The predicted octanol–water partition coefficient (Wildman–Crippen LogP) is 3.68. The summed E-state index contributed by atoms with van der Waals surface area (Å²) in [4.78, 5) is 18.5. The highest BCUT2D eigenvalue weighted by molar-refractivity contribution is 6.07. The highest BCUT2D eigenvalue weighted by atomic mass is 19.1. The van der Waals surface area contributed by atoms with Crippen LogP contribution in [-0.4, -0.2) is 17.4 Å². The molecular formula is C18H13FN2O2. The number of hydrogen-bond donors (Lipinski definition) is 0. The van der Waals surface area contributed by atoms with E-state index in [2.05, 4.69) is 4.98 Å². The van der Waals surface area contributed by atoms with Crippen molar-refractivity contribution in [2.24, 2.45) is 0 Å². The van der Waals surface area contributed by atoms with Crippen LogP contribution in [0, 0.1) is 5.82 Å². The molecule has 0 fully saturated rings.